The molecule has 4 aromatic rings. The van der Waals surface area contributed by atoms with Crippen molar-refractivity contribution in [1.82, 2.24) is 15.3 Å². The molecule has 5 heteroatoms. The number of carbonyl (C=O) groups excluding carboxylic acids is 1. The molecule has 0 fully saturated rings. The highest BCUT2D eigenvalue weighted by atomic mass is 16.2. The number of rotatable bonds is 5. The summed E-state index contributed by atoms with van der Waals surface area (Å²) in [6.45, 7) is 4.50. The van der Waals surface area contributed by atoms with Gasteiger partial charge in [0.2, 0.25) is 5.82 Å². The molecule has 29 heavy (non-hydrogen) atoms. The fourth-order valence-electron chi connectivity index (χ4n) is 3.01. The number of carbonyl (C=O) groups is 1. The maximum Gasteiger partial charge on any atom is 0.289 e. The van der Waals surface area contributed by atoms with E-state index in [1.165, 1.54) is 11.1 Å². The van der Waals surface area contributed by atoms with Crippen molar-refractivity contribution in [1.29, 1.82) is 0 Å². The largest absolute Gasteiger partial charge is 0.345 e. The van der Waals surface area contributed by atoms with E-state index in [0.717, 1.165) is 22.2 Å². The van der Waals surface area contributed by atoms with Gasteiger partial charge < -0.3 is 10.6 Å². The highest BCUT2D eigenvalue weighted by Gasteiger charge is 2.14. The Kier molecular flexibility index (Phi) is 5.20. The van der Waals surface area contributed by atoms with E-state index < -0.39 is 0 Å². The molecule has 0 saturated carbocycles. The van der Waals surface area contributed by atoms with Crippen LogP contribution < -0.4 is 10.6 Å². The number of nitrogens with zero attached hydrogens (tertiary/aromatic N) is 2. The fourth-order valence-corrected chi connectivity index (χ4v) is 3.01. The molecule has 3 aromatic carbocycles. The molecule has 2 N–H and O–H groups in total. The monoisotopic (exact) mass is 382 g/mol. The van der Waals surface area contributed by atoms with Crippen LogP contribution >= 0.6 is 0 Å². The minimum Gasteiger partial charge on any atom is -0.345 e. The second kappa shape index (κ2) is 8.10. The first-order valence-corrected chi connectivity index (χ1v) is 9.53. The first kappa shape index (κ1) is 18.6. The molecule has 0 unspecified atom stereocenters. The number of aryl methyl sites for hydroxylation is 2. The summed E-state index contributed by atoms with van der Waals surface area (Å²) in [6.07, 6.45) is 0. The fraction of sp³-hybridized carbons (Fsp3) is 0.125. The maximum atomic E-state index is 12.7. The summed E-state index contributed by atoms with van der Waals surface area (Å²) < 4.78 is 0. The summed E-state index contributed by atoms with van der Waals surface area (Å²) in [5.74, 6) is 0.452. The van der Waals surface area contributed by atoms with E-state index >= 15 is 0 Å². The van der Waals surface area contributed by atoms with Crippen LogP contribution in [-0.2, 0) is 6.54 Å². The zero-order valence-electron chi connectivity index (χ0n) is 16.4. The molecule has 4 rings (SSSR count). The lowest BCUT2D eigenvalue weighted by Crippen LogP contribution is -2.25. The van der Waals surface area contributed by atoms with Crippen molar-refractivity contribution in [3.8, 4) is 0 Å². The van der Waals surface area contributed by atoms with E-state index in [1.807, 2.05) is 86.6 Å². The van der Waals surface area contributed by atoms with E-state index in [-0.39, 0.29) is 11.7 Å². The van der Waals surface area contributed by atoms with Gasteiger partial charge in [0.15, 0.2) is 0 Å². The Bertz CT molecular complexity index is 1150. The number of hydrogen-bond donors (Lipinski definition) is 2. The van der Waals surface area contributed by atoms with Crippen LogP contribution in [0.3, 0.4) is 0 Å². The van der Waals surface area contributed by atoms with Gasteiger partial charge in [-0.1, -0.05) is 59.7 Å². The molecule has 0 saturated heterocycles. The van der Waals surface area contributed by atoms with Crippen molar-refractivity contribution in [3.05, 3.63) is 95.3 Å². The molecule has 5 nitrogen and oxygen atoms in total. The average Bonchev–Trinajstić information content (AvgIpc) is 2.74. The average molecular weight is 382 g/mol. The number of para-hydroxylation sites is 1. The van der Waals surface area contributed by atoms with Crippen molar-refractivity contribution in [3.63, 3.8) is 0 Å². The van der Waals surface area contributed by atoms with Gasteiger partial charge in [0, 0.05) is 17.6 Å². The summed E-state index contributed by atoms with van der Waals surface area (Å²) in [5, 5.41) is 7.09. The third kappa shape index (κ3) is 4.41. The van der Waals surface area contributed by atoms with Crippen LogP contribution in [0.1, 0.15) is 27.3 Å². The lowest BCUT2D eigenvalue weighted by atomic mass is 10.1. The molecular weight excluding hydrogens is 360 g/mol. The van der Waals surface area contributed by atoms with Gasteiger partial charge in [0.05, 0.1) is 5.52 Å². The van der Waals surface area contributed by atoms with E-state index in [0.29, 0.717) is 12.4 Å². The van der Waals surface area contributed by atoms with Crippen molar-refractivity contribution in [2.45, 2.75) is 20.4 Å². The van der Waals surface area contributed by atoms with E-state index in [4.69, 9.17) is 0 Å². The summed E-state index contributed by atoms with van der Waals surface area (Å²) in [5.41, 5.74) is 5.02. The second-order valence-electron chi connectivity index (χ2n) is 7.07. The van der Waals surface area contributed by atoms with Crippen molar-refractivity contribution >= 4 is 28.3 Å². The minimum atomic E-state index is -0.303. The number of benzene rings is 3. The molecule has 1 amide bonds. The number of amides is 1. The zero-order chi connectivity index (χ0) is 20.2. The Balaban J connectivity index is 1.61. The van der Waals surface area contributed by atoms with Gasteiger partial charge in [-0.15, -0.1) is 0 Å². The van der Waals surface area contributed by atoms with Crippen LogP contribution in [-0.4, -0.2) is 15.9 Å². The summed E-state index contributed by atoms with van der Waals surface area (Å²) in [7, 11) is 0. The summed E-state index contributed by atoms with van der Waals surface area (Å²) >= 11 is 0. The van der Waals surface area contributed by atoms with Crippen LogP contribution in [0.5, 0.6) is 0 Å². The standard InChI is InChI=1S/C24H22N4O/c1-16-7-11-18(12-8-16)15-25-24(29)23-27-21-6-4-3-5-20(21)22(28-23)26-19-13-9-17(2)10-14-19/h3-14H,15H2,1-2H3,(H,25,29)(H,26,27,28). The van der Waals surface area contributed by atoms with Crippen LogP contribution in [0.25, 0.3) is 10.9 Å². The third-order valence-corrected chi connectivity index (χ3v) is 4.69. The van der Waals surface area contributed by atoms with Crippen molar-refractivity contribution < 1.29 is 4.79 Å². The van der Waals surface area contributed by atoms with Gasteiger partial charge in [0.1, 0.15) is 5.82 Å². The molecule has 0 aliphatic rings. The number of anilines is 2. The number of nitrogens with one attached hydrogen (secondary N) is 2. The molecular formula is C24H22N4O. The van der Waals surface area contributed by atoms with Crippen LogP contribution in [0.2, 0.25) is 0 Å². The highest BCUT2D eigenvalue weighted by molar-refractivity contribution is 5.97. The Morgan fingerprint density at radius 3 is 2.21 bits per heavy atom. The molecule has 0 spiro atoms. The molecule has 0 bridgehead atoms. The van der Waals surface area contributed by atoms with Gasteiger partial charge in [-0.25, -0.2) is 9.97 Å². The van der Waals surface area contributed by atoms with Gasteiger partial charge in [-0.05, 0) is 43.7 Å². The lowest BCUT2D eigenvalue weighted by Gasteiger charge is -2.11. The number of hydrogen-bond acceptors (Lipinski definition) is 4. The first-order chi connectivity index (χ1) is 14.1. The van der Waals surface area contributed by atoms with Gasteiger partial charge in [-0.3, -0.25) is 4.79 Å². The van der Waals surface area contributed by atoms with Gasteiger partial charge in [0.25, 0.3) is 5.91 Å². The van der Waals surface area contributed by atoms with E-state index in [9.17, 15) is 4.79 Å². The van der Waals surface area contributed by atoms with E-state index in [2.05, 4.69) is 20.6 Å². The van der Waals surface area contributed by atoms with E-state index in [1.54, 1.807) is 0 Å². The van der Waals surface area contributed by atoms with Crippen molar-refractivity contribution in [2.24, 2.45) is 0 Å². The first-order valence-electron chi connectivity index (χ1n) is 9.53. The maximum absolute atomic E-state index is 12.7. The lowest BCUT2D eigenvalue weighted by molar-refractivity contribution is 0.0941. The van der Waals surface area contributed by atoms with Crippen LogP contribution in [0, 0.1) is 13.8 Å². The Morgan fingerprint density at radius 1 is 0.828 bits per heavy atom. The Labute approximate surface area is 169 Å². The van der Waals surface area contributed by atoms with Crippen LogP contribution in [0.15, 0.2) is 72.8 Å². The quantitative estimate of drug-likeness (QED) is 0.514. The van der Waals surface area contributed by atoms with Gasteiger partial charge in [-0.2, -0.15) is 0 Å². The number of fused-ring (bicyclic) bond motifs is 1. The van der Waals surface area contributed by atoms with Crippen molar-refractivity contribution in [2.75, 3.05) is 5.32 Å². The third-order valence-electron chi connectivity index (χ3n) is 4.69. The molecule has 1 aromatic heterocycles. The van der Waals surface area contributed by atoms with Crippen LogP contribution in [0.4, 0.5) is 11.5 Å². The molecule has 0 atom stereocenters. The predicted molar refractivity (Wildman–Crippen MR) is 116 cm³/mol. The Morgan fingerprint density at radius 2 is 1.48 bits per heavy atom. The normalized spacial score (nSPS) is 10.7. The SMILES string of the molecule is Cc1ccc(CNC(=O)c2nc(Nc3ccc(C)cc3)c3ccccc3n2)cc1. The number of aromatic nitrogens is 2. The van der Waals surface area contributed by atoms with Gasteiger partial charge >= 0.3 is 0 Å². The zero-order valence-corrected chi connectivity index (χ0v) is 16.4. The predicted octanol–water partition coefficient (Wildman–Crippen LogP) is 4.92. The molecule has 144 valence electrons. The minimum absolute atomic E-state index is 0.144. The smallest absolute Gasteiger partial charge is 0.289 e. The topological polar surface area (TPSA) is 66.9 Å². The highest BCUT2D eigenvalue weighted by Crippen LogP contribution is 2.24. The summed E-state index contributed by atoms with van der Waals surface area (Å²) in [4.78, 5) is 21.7. The Hall–Kier alpha value is -3.73. The second-order valence-corrected chi connectivity index (χ2v) is 7.07. The summed E-state index contributed by atoms with van der Waals surface area (Å²) in [6, 6.07) is 23.8. The molecule has 0 aliphatic carbocycles. The molecule has 0 aliphatic heterocycles. The molecule has 1 heterocycles. The molecule has 0 radical (unpaired) electrons.